The van der Waals surface area contributed by atoms with Gasteiger partial charge in [0.2, 0.25) is 5.91 Å². The summed E-state index contributed by atoms with van der Waals surface area (Å²) in [5.74, 6) is -0.677. The molecule has 1 saturated heterocycles. The lowest BCUT2D eigenvalue weighted by molar-refractivity contribution is -0.123. The summed E-state index contributed by atoms with van der Waals surface area (Å²) < 4.78 is 0. The molecule has 0 bridgehead atoms. The number of nitrogens with zero attached hydrogens (tertiary/aromatic N) is 3. The lowest BCUT2D eigenvalue weighted by atomic mass is 10.0. The first-order valence-electron chi connectivity index (χ1n) is 5.55. The van der Waals surface area contributed by atoms with E-state index in [4.69, 9.17) is 5.73 Å². The Kier molecular flexibility index (Phi) is 3.32. The highest BCUT2D eigenvalue weighted by Crippen LogP contribution is 2.18. The van der Waals surface area contributed by atoms with Gasteiger partial charge in [0.05, 0.1) is 5.56 Å². The van der Waals surface area contributed by atoms with Crippen molar-refractivity contribution in [2.45, 2.75) is 25.3 Å². The summed E-state index contributed by atoms with van der Waals surface area (Å²) in [5, 5.41) is 0. The average Bonchev–Trinajstić information content (AvgIpc) is 2.39. The molecular formula is C11H14N4O2. The van der Waals surface area contributed by atoms with Crippen molar-refractivity contribution in [3.63, 3.8) is 0 Å². The van der Waals surface area contributed by atoms with E-state index in [1.807, 2.05) is 0 Å². The topological polar surface area (TPSA) is 89.2 Å². The van der Waals surface area contributed by atoms with Gasteiger partial charge in [-0.15, -0.1) is 0 Å². The van der Waals surface area contributed by atoms with Crippen molar-refractivity contribution in [2.75, 3.05) is 6.54 Å². The van der Waals surface area contributed by atoms with E-state index in [9.17, 15) is 9.59 Å². The number of aromatic nitrogens is 2. The summed E-state index contributed by atoms with van der Waals surface area (Å²) in [7, 11) is 0. The van der Waals surface area contributed by atoms with Crippen LogP contribution in [0.2, 0.25) is 0 Å². The summed E-state index contributed by atoms with van der Waals surface area (Å²) in [4.78, 5) is 32.6. The number of hydrogen-bond donors (Lipinski definition) is 1. The molecule has 17 heavy (non-hydrogen) atoms. The number of carbonyl (C=O) groups is 2. The molecule has 0 aliphatic carbocycles. The fraction of sp³-hybridized carbons (Fsp3) is 0.455. The van der Waals surface area contributed by atoms with Gasteiger partial charge in [-0.05, 0) is 19.3 Å². The zero-order valence-corrected chi connectivity index (χ0v) is 9.37. The lowest BCUT2D eigenvalue weighted by Gasteiger charge is -2.33. The van der Waals surface area contributed by atoms with Crippen molar-refractivity contribution < 1.29 is 9.59 Å². The standard InChI is InChI=1S/C11H14N4O2/c12-10(16)9-3-1-2-4-15(9)11(17)8-5-13-7-14-6-8/h5-7,9H,1-4H2,(H2,12,16). The first-order valence-corrected chi connectivity index (χ1v) is 5.55. The number of hydrogen-bond acceptors (Lipinski definition) is 4. The van der Waals surface area contributed by atoms with Crippen LogP contribution in [0, 0.1) is 0 Å². The van der Waals surface area contributed by atoms with Crippen LogP contribution in [0.4, 0.5) is 0 Å². The third-order valence-electron chi connectivity index (χ3n) is 2.90. The Morgan fingerprint density at radius 1 is 1.29 bits per heavy atom. The minimum atomic E-state index is -0.503. The maximum absolute atomic E-state index is 12.2. The van der Waals surface area contributed by atoms with E-state index < -0.39 is 11.9 Å². The minimum Gasteiger partial charge on any atom is -0.368 e. The maximum Gasteiger partial charge on any atom is 0.257 e. The molecule has 2 heterocycles. The Morgan fingerprint density at radius 3 is 2.65 bits per heavy atom. The molecular weight excluding hydrogens is 220 g/mol. The molecule has 1 aliphatic rings. The second-order valence-electron chi connectivity index (χ2n) is 4.04. The number of carbonyl (C=O) groups excluding carboxylic acids is 2. The van der Waals surface area contributed by atoms with Gasteiger partial charge < -0.3 is 10.6 Å². The molecule has 1 aromatic rings. The van der Waals surface area contributed by atoms with Gasteiger partial charge in [-0.2, -0.15) is 0 Å². The number of primary amides is 1. The zero-order valence-electron chi connectivity index (χ0n) is 9.37. The number of amides is 2. The van der Waals surface area contributed by atoms with E-state index >= 15 is 0 Å². The van der Waals surface area contributed by atoms with Gasteiger partial charge in [0.1, 0.15) is 12.4 Å². The molecule has 1 fully saturated rings. The fourth-order valence-electron chi connectivity index (χ4n) is 2.05. The zero-order chi connectivity index (χ0) is 12.3. The largest absolute Gasteiger partial charge is 0.368 e. The van der Waals surface area contributed by atoms with Gasteiger partial charge >= 0.3 is 0 Å². The Bertz CT molecular complexity index is 421. The highest BCUT2D eigenvalue weighted by atomic mass is 16.2. The van der Waals surface area contributed by atoms with Gasteiger partial charge in [0.25, 0.3) is 5.91 Å². The van der Waals surface area contributed by atoms with Crippen LogP contribution in [0.15, 0.2) is 18.7 Å². The van der Waals surface area contributed by atoms with Crippen molar-refractivity contribution in [1.82, 2.24) is 14.9 Å². The van der Waals surface area contributed by atoms with Crippen molar-refractivity contribution in [3.8, 4) is 0 Å². The Morgan fingerprint density at radius 2 is 2.00 bits per heavy atom. The summed E-state index contributed by atoms with van der Waals surface area (Å²) >= 11 is 0. The van der Waals surface area contributed by atoms with E-state index in [-0.39, 0.29) is 5.91 Å². The van der Waals surface area contributed by atoms with Crippen LogP contribution in [0.1, 0.15) is 29.6 Å². The van der Waals surface area contributed by atoms with Crippen LogP contribution in [0.5, 0.6) is 0 Å². The summed E-state index contributed by atoms with van der Waals surface area (Å²) in [5.41, 5.74) is 5.70. The Balaban J connectivity index is 2.20. The monoisotopic (exact) mass is 234 g/mol. The van der Waals surface area contributed by atoms with Crippen molar-refractivity contribution in [1.29, 1.82) is 0 Å². The van der Waals surface area contributed by atoms with Crippen molar-refractivity contribution in [3.05, 3.63) is 24.3 Å². The normalized spacial score (nSPS) is 20.0. The van der Waals surface area contributed by atoms with Gasteiger partial charge in [-0.25, -0.2) is 9.97 Å². The first-order chi connectivity index (χ1) is 8.20. The summed E-state index contributed by atoms with van der Waals surface area (Å²) in [6, 6.07) is -0.503. The third-order valence-corrected chi connectivity index (χ3v) is 2.90. The Labute approximate surface area is 98.8 Å². The molecule has 0 spiro atoms. The molecule has 1 aromatic heterocycles. The van der Waals surface area contributed by atoms with Crippen LogP contribution in [0.3, 0.4) is 0 Å². The molecule has 6 heteroatoms. The van der Waals surface area contributed by atoms with E-state index in [1.165, 1.54) is 23.6 Å². The molecule has 0 saturated carbocycles. The third kappa shape index (κ3) is 2.41. The molecule has 2 amide bonds. The number of piperidine rings is 1. The molecule has 2 rings (SSSR count). The first kappa shape index (κ1) is 11.5. The second-order valence-corrected chi connectivity index (χ2v) is 4.04. The molecule has 0 aromatic carbocycles. The van der Waals surface area contributed by atoms with Gasteiger partial charge in [-0.1, -0.05) is 0 Å². The predicted molar refractivity (Wildman–Crippen MR) is 59.9 cm³/mol. The van der Waals surface area contributed by atoms with Crippen LogP contribution in [-0.4, -0.2) is 39.3 Å². The van der Waals surface area contributed by atoms with Crippen LogP contribution in [-0.2, 0) is 4.79 Å². The number of nitrogens with two attached hydrogens (primary N) is 1. The number of rotatable bonds is 2. The Hall–Kier alpha value is -1.98. The lowest BCUT2D eigenvalue weighted by Crippen LogP contribution is -2.50. The molecule has 2 N–H and O–H groups in total. The fourth-order valence-corrected chi connectivity index (χ4v) is 2.05. The van der Waals surface area contributed by atoms with Crippen molar-refractivity contribution in [2.24, 2.45) is 5.73 Å². The predicted octanol–water partition coefficient (Wildman–Crippen LogP) is -0.0434. The average molecular weight is 234 g/mol. The molecule has 90 valence electrons. The SMILES string of the molecule is NC(=O)C1CCCCN1C(=O)c1cncnc1. The van der Waals surface area contributed by atoms with Crippen LogP contribution in [0.25, 0.3) is 0 Å². The highest BCUT2D eigenvalue weighted by Gasteiger charge is 2.31. The summed E-state index contributed by atoms with van der Waals surface area (Å²) in [6.45, 7) is 0.557. The van der Waals surface area contributed by atoms with Crippen molar-refractivity contribution >= 4 is 11.8 Å². The van der Waals surface area contributed by atoms with E-state index in [0.717, 1.165) is 12.8 Å². The summed E-state index contributed by atoms with van der Waals surface area (Å²) in [6.07, 6.45) is 6.70. The molecule has 1 atom stereocenters. The highest BCUT2D eigenvalue weighted by molar-refractivity contribution is 5.96. The molecule has 6 nitrogen and oxygen atoms in total. The smallest absolute Gasteiger partial charge is 0.257 e. The van der Waals surface area contributed by atoms with Gasteiger partial charge in [0, 0.05) is 18.9 Å². The van der Waals surface area contributed by atoms with E-state index in [0.29, 0.717) is 18.5 Å². The molecule has 1 unspecified atom stereocenters. The molecule has 1 aliphatic heterocycles. The van der Waals surface area contributed by atoms with Crippen LogP contribution >= 0.6 is 0 Å². The molecule has 0 radical (unpaired) electrons. The van der Waals surface area contributed by atoms with E-state index in [1.54, 1.807) is 0 Å². The van der Waals surface area contributed by atoms with E-state index in [2.05, 4.69) is 9.97 Å². The minimum absolute atomic E-state index is 0.228. The maximum atomic E-state index is 12.2. The number of likely N-dealkylation sites (tertiary alicyclic amines) is 1. The van der Waals surface area contributed by atoms with Gasteiger partial charge in [0.15, 0.2) is 0 Å². The van der Waals surface area contributed by atoms with Gasteiger partial charge in [-0.3, -0.25) is 9.59 Å². The second kappa shape index (κ2) is 4.90. The van der Waals surface area contributed by atoms with Crippen LogP contribution < -0.4 is 5.73 Å². The quantitative estimate of drug-likeness (QED) is 0.777.